The van der Waals surface area contributed by atoms with Gasteiger partial charge < -0.3 is 4.74 Å². The number of pyridine rings is 1. The molecule has 0 saturated carbocycles. The Morgan fingerprint density at radius 2 is 2.27 bits per heavy atom. The van der Waals surface area contributed by atoms with Crippen molar-refractivity contribution in [2.75, 3.05) is 7.11 Å². The number of halogens is 1. The molecule has 2 rings (SSSR count). The van der Waals surface area contributed by atoms with Crippen molar-refractivity contribution in [3.63, 3.8) is 0 Å². The Labute approximate surface area is 96.0 Å². The zero-order chi connectivity index (χ0) is 10.7. The van der Waals surface area contributed by atoms with E-state index in [-0.39, 0.29) is 0 Å². The fourth-order valence-electron chi connectivity index (χ4n) is 1.25. The number of aromatic nitrogens is 3. The van der Waals surface area contributed by atoms with Crippen LogP contribution in [0.5, 0.6) is 5.88 Å². The summed E-state index contributed by atoms with van der Waals surface area (Å²) in [4.78, 5) is 4.30. The van der Waals surface area contributed by atoms with Gasteiger partial charge in [0.15, 0.2) is 0 Å². The van der Waals surface area contributed by atoms with Crippen LogP contribution in [0.2, 0.25) is 0 Å². The number of rotatable bonds is 3. The van der Waals surface area contributed by atoms with Crippen LogP contribution in [0.1, 0.15) is 5.69 Å². The molecule has 5 heteroatoms. The average molecular weight is 268 g/mol. The van der Waals surface area contributed by atoms with E-state index in [4.69, 9.17) is 4.74 Å². The second-order valence-corrected chi connectivity index (χ2v) is 3.82. The maximum atomic E-state index is 5.05. The van der Waals surface area contributed by atoms with Crippen molar-refractivity contribution in [2.24, 2.45) is 0 Å². The molecule has 15 heavy (non-hydrogen) atoms. The molecule has 0 aliphatic rings. The molecule has 0 saturated heterocycles. The maximum absolute atomic E-state index is 5.05. The Bertz CT molecular complexity index is 455. The highest BCUT2D eigenvalue weighted by Crippen LogP contribution is 2.09. The molecule has 0 N–H and O–H groups in total. The minimum absolute atomic E-state index is 0.624. The van der Waals surface area contributed by atoms with Gasteiger partial charge in [0.1, 0.15) is 4.60 Å². The standard InChI is InChI=1S/C10H10BrN3O/c1-15-10-4-2-3-8(12-10)7-14-6-5-9(11)13-14/h2-6H,7H2,1H3. The van der Waals surface area contributed by atoms with Crippen LogP contribution < -0.4 is 4.74 Å². The lowest BCUT2D eigenvalue weighted by Crippen LogP contribution is -2.02. The summed E-state index contributed by atoms with van der Waals surface area (Å²) in [6.45, 7) is 0.642. The maximum Gasteiger partial charge on any atom is 0.213 e. The molecule has 0 aromatic carbocycles. The Balaban J connectivity index is 2.16. The van der Waals surface area contributed by atoms with E-state index in [1.165, 1.54) is 0 Å². The van der Waals surface area contributed by atoms with Gasteiger partial charge in [0.25, 0.3) is 0 Å². The smallest absolute Gasteiger partial charge is 0.213 e. The fourth-order valence-corrected chi connectivity index (χ4v) is 1.57. The van der Waals surface area contributed by atoms with E-state index in [2.05, 4.69) is 26.0 Å². The summed E-state index contributed by atoms with van der Waals surface area (Å²) in [5.74, 6) is 0.624. The molecule has 0 aliphatic carbocycles. The van der Waals surface area contributed by atoms with Gasteiger partial charge >= 0.3 is 0 Å². The molecule has 0 spiro atoms. The molecular weight excluding hydrogens is 258 g/mol. The van der Waals surface area contributed by atoms with Crippen molar-refractivity contribution in [3.05, 3.63) is 40.8 Å². The van der Waals surface area contributed by atoms with Crippen LogP contribution in [0.4, 0.5) is 0 Å². The van der Waals surface area contributed by atoms with E-state index in [0.717, 1.165) is 10.3 Å². The first-order valence-corrected chi connectivity index (χ1v) is 5.26. The molecule has 0 unspecified atom stereocenters. The summed E-state index contributed by atoms with van der Waals surface area (Å²) in [5, 5.41) is 4.21. The van der Waals surface area contributed by atoms with Crippen LogP contribution in [0, 0.1) is 0 Å². The van der Waals surface area contributed by atoms with Crippen molar-refractivity contribution in [1.29, 1.82) is 0 Å². The average Bonchev–Trinajstić information content (AvgIpc) is 2.64. The molecule has 0 amide bonds. The van der Waals surface area contributed by atoms with Gasteiger partial charge in [-0.15, -0.1) is 0 Å². The third-order valence-corrected chi connectivity index (χ3v) is 2.35. The first kappa shape index (κ1) is 10.2. The van der Waals surface area contributed by atoms with E-state index >= 15 is 0 Å². The van der Waals surface area contributed by atoms with Gasteiger partial charge in [0, 0.05) is 12.3 Å². The SMILES string of the molecule is COc1cccc(Cn2ccc(Br)n2)n1. The number of hydrogen-bond acceptors (Lipinski definition) is 3. The van der Waals surface area contributed by atoms with Crippen molar-refractivity contribution in [3.8, 4) is 5.88 Å². The molecule has 4 nitrogen and oxygen atoms in total. The molecule has 0 fully saturated rings. The number of nitrogens with zero attached hydrogens (tertiary/aromatic N) is 3. The Hall–Kier alpha value is -1.36. The Kier molecular flexibility index (Phi) is 3.01. The summed E-state index contributed by atoms with van der Waals surface area (Å²) in [5.41, 5.74) is 0.921. The molecule has 78 valence electrons. The first-order chi connectivity index (χ1) is 7.28. The van der Waals surface area contributed by atoms with E-state index in [0.29, 0.717) is 12.4 Å². The van der Waals surface area contributed by atoms with Crippen LogP contribution in [0.3, 0.4) is 0 Å². The lowest BCUT2D eigenvalue weighted by molar-refractivity contribution is 0.395. The van der Waals surface area contributed by atoms with Gasteiger partial charge in [0.2, 0.25) is 5.88 Å². The molecule has 0 aliphatic heterocycles. The van der Waals surface area contributed by atoms with Gasteiger partial charge in [0.05, 0.1) is 19.3 Å². The lowest BCUT2D eigenvalue weighted by Gasteiger charge is -2.03. The zero-order valence-electron chi connectivity index (χ0n) is 8.22. The van der Waals surface area contributed by atoms with Gasteiger partial charge in [-0.3, -0.25) is 4.68 Å². The fraction of sp³-hybridized carbons (Fsp3) is 0.200. The van der Waals surface area contributed by atoms with Crippen molar-refractivity contribution < 1.29 is 4.74 Å². The second kappa shape index (κ2) is 4.44. The summed E-state index contributed by atoms with van der Waals surface area (Å²) in [6.07, 6.45) is 1.89. The van der Waals surface area contributed by atoms with E-state index in [1.54, 1.807) is 7.11 Å². The molecule has 2 aromatic heterocycles. The van der Waals surface area contributed by atoms with Crippen molar-refractivity contribution in [2.45, 2.75) is 6.54 Å². The van der Waals surface area contributed by atoms with Gasteiger partial charge in [-0.05, 0) is 28.1 Å². The topological polar surface area (TPSA) is 39.9 Å². The highest BCUT2D eigenvalue weighted by molar-refractivity contribution is 9.10. The lowest BCUT2D eigenvalue weighted by atomic mass is 10.3. The monoisotopic (exact) mass is 267 g/mol. The summed E-state index contributed by atoms with van der Waals surface area (Å²) >= 11 is 3.30. The number of hydrogen-bond donors (Lipinski definition) is 0. The zero-order valence-corrected chi connectivity index (χ0v) is 9.81. The minimum atomic E-state index is 0.624. The molecule has 0 atom stereocenters. The summed E-state index contributed by atoms with van der Waals surface area (Å²) < 4.78 is 7.68. The molecule has 0 radical (unpaired) electrons. The van der Waals surface area contributed by atoms with Crippen molar-refractivity contribution in [1.82, 2.24) is 14.8 Å². The van der Waals surface area contributed by atoms with Crippen molar-refractivity contribution >= 4 is 15.9 Å². The van der Waals surface area contributed by atoms with Crippen LogP contribution >= 0.6 is 15.9 Å². The number of ether oxygens (including phenoxy) is 1. The molecule has 0 bridgehead atoms. The largest absolute Gasteiger partial charge is 0.481 e. The van der Waals surface area contributed by atoms with Crippen LogP contribution in [0.15, 0.2) is 35.1 Å². The minimum Gasteiger partial charge on any atom is -0.481 e. The molecule has 2 aromatic rings. The third kappa shape index (κ3) is 2.56. The third-order valence-electron chi connectivity index (χ3n) is 1.92. The Morgan fingerprint density at radius 1 is 1.40 bits per heavy atom. The van der Waals surface area contributed by atoms with Gasteiger partial charge in [-0.25, -0.2) is 4.98 Å². The molecular formula is C10H10BrN3O. The molecule has 2 heterocycles. The number of methoxy groups -OCH3 is 1. The predicted octanol–water partition coefficient (Wildman–Crippen LogP) is 2.10. The second-order valence-electron chi connectivity index (χ2n) is 3.01. The van der Waals surface area contributed by atoms with Gasteiger partial charge in [-0.1, -0.05) is 6.07 Å². The van der Waals surface area contributed by atoms with E-state index in [1.807, 2.05) is 35.1 Å². The first-order valence-electron chi connectivity index (χ1n) is 4.47. The summed E-state index contributed by atoms with van der Waals surface area (Å²) in [6, 6.07) is 7.57. The highest BCUT2D eigenvalue weighted by atomic mass is 79.9. The summed E-state index contributed by atoms with van der Waals surface area (Å²) in [7, 11) is 1.61. The highest BCUT2D eigenvalue weighted by Gasteiger charge is 2.00. The van der Waals surface area contributed by atoms with Crippen LogP contribution in [-0.2, 0) is 6.54 Å². The Morgan fingerprint density at radius 3 is 2.93 bits per heavy atom. The van der Waals surface area contributed by atoms with E-state index in [9.17, 15) is 0 Å². The normalized spacial score (nSPS) is 10.3. The van der Waals surface area contributed by atoms with E-state index < -0.39 is 0 Å². The quantitative estimate of drug-likeness (QED) is 0.855. The van der Waals surface area contributed by atoms with Crippen LogP contribution in [-0.4, -0.2) is 21.9 Å². The van der Waals surface area contributed by atoms with Gasteiger partial charge in [-0.2, -0.15) is 5.10 Å². The predicted molar refractivity (Wildman–Crippen MR) is 59.8 cm³/mol. The van der Waals surface area contributed by atoms with Crippen LogP contribution in [0.25, 0.3) is 0 Å².